The lowest BCUT2D eigenvalue weighted by Gasteiger charge is -2.46. The van der Waals surface area contributed by atoms with Gasteiger partial charge in [0, 0.05) is 23.0 Å². The summed E-state index contributed by atoms with van der Waals surface area (Å²) in [5, 5.41) is 0.215. The Hall–Kier alpha value is -0.925. The van der Waals surface area contributed by atoms with Crippen LogP contribution in [0.2, 0.25) is 6.32 Å². The first kappa shape index (κ1) is 23.7. The molecule has 9 heteroatoms. The number of fused-ring (bicyclic) bond motifs is 1. The molecule has 0 spiro atoms. The van der Waals surface area contributed by atoms with E-state index in [2.05, 4.69) is 0 Å². The van der Waals surface area contributed by atoms with Gasteiger partial charge in [-0.25, -0.2) is 9.59 Å². The Morgan fingerprint density at radius 3 is 2.23 bits per heavy atom. The van der Waals surface area contributed by atoms with E-state index in [1.54, 1.807) is 4.90 Å². The molecular weight excluding hydrogens is 405 g/mol. The molecule has 3 heterocycles. The van der Waals surface area contributed by atoms with E-state index in [4.69, 9.17) is 18.8 Å². The van der Waals surface area contributed by atoms with Gasteiger partial charge in [0.05, 0.1) is 18.3 Å². The summed E-state index contributed by atoms with van der Waals surface area (Å²) in [7, 11) is 1.13. The van der Waals surface area contributed by atoms with Crippen molar-refractivity contribution in [1.29, 1.82) is 0 Å². The maximum absolute atomic E-state index is 12.8. The second-order valence-electron chi connectivity index (χ2n) is 10.7. The van der Waals surface area contributed by atoms with Crippen molar-refractivity contribution in [3.63, 3.8) is 0 Å². The first-order valence-corrected chi connectivity index (χ1v) is 11.8. The molecule has 0 aromatic carbocycles. The topological polar surface area (TPSA) is 74.3 Å². The number of hydrogen-bond donors (Lipinski definition) is 0. The normalized spacial score (nSPS) is 31.9. The Morgan fingerprint density at radius 1 is 1.17 bits per heavy atom. The van der Waals surface area contributed by atoms with Crippen molar-refractivity contribution in [2.45, 2.75) is 95.7 Å². The van der Waals surface area contributed by atoms with Gasteiger partial charge in [0.1, 0.15) is 11.6 Å². The Balaban J connectivity index is 1.69. The molecule has 0 saturated carbocycles. The summed E-state index contributed by atoms with van der Waals surface area (Å²) in [5.41, 5.74) is -1.59. The number of rotatable bonds is 5. The molecule has 3 saturated heterocycles. The molecule has 0 aliphatic carbocycles. The van der Waals surface area contributed by atoms with Crippen LogP contribution in [0.5, 0.6) is 0 Å². The number of ether oxygens (including phenoxy) is 2. The summed E-state index contributed by atoms with van der Waals surface area (Å²) in [5.74, 6) is 0.472. The Labute approximate surface area is 185 Å². The summed E-state index contributed by atoms with van der Waals surface area (Å²) in [6.07, 6.45) is 1.97. The van der Waals surface area contributed by atoms with Gasteiger partial charge in [-0.1, -0.05) is 6.42 Å². The number of methoxy groups -OCH3 is 1. The summed E-state index contributed by atoms with van der Waals surface area (Å²) in [4.78, 5) is 27.2. The molecular formula is C21H36BNO6S. The van der Waals surface area contributed by atoms with Crippen molar-refractivity contribution in [1.82, 2.24) is 4.90 Å². The van der Waals surface area contributed by atoms with Gasteiger partial charge in [-0.2, -0.15) is 11.8 Å². The molecule has 3 atom stereocenters. The van der Waals surface area contributed by atoms with Crippen molar-refractivity contribution in [2.24, 2.45) is 5.41 Å². The van der Waals surface area contributed by atoms with Crippen LogP contribution >= 0.6 is 11.8 Å². The SMILES string of the molecule is COC(=O)C1N(C(=O)OC(C)(C)C)CC2SCC21CCCB1OC(C)(C)C(C)(C)O1. The van der Waals surface area contributed by atoms with Crippen LogP contribution < -0.4 is 0 Å². The van der Waals surface area contributed by atoms with Crippen molar-refractivity contribution in [2.75, 3.05) is 19.4 Å². The van der Waals surface area contributed by atoms with E-state index in [1.165, 1.54) is 7.11 Å². The average molecular weight is 441 g/mol. The summed E-state index contributed by atoms with van der Waals surface area (Å²) in [6.45, 7) is 14.2. The van der Waals surface area contributed by atoms with Crippen LogP contribution in [-0.2, 0) is 23.6 Å². The Kier molecular flexibility index (Phi) is 6.24. The highest BCUT2D eigenvalue weighted by atomic mass is 32.2. The van der Waals surface area contributed by atoms with Crippen LogP contribution in [0.3, 0.4) is 0 Å². The van der Waals surface area contributed by atoms with Crippen LogP contribution in [0.25, 0.3) is 0 Å². The number of hydrogen-bond acceptors (Lipinski definition) is 7. The van der Waals surface area contributed by atoms with Gasteiger partial charge in [-0.05, 0) is 61.2 Å². The fourth-order valence-electron chi connectivity index (χ4n) is 4.52. The fraction of sp³-hybridized carbons (Fsp3) is 0.905. The van der Waals surface area contributed by atoms with Crippen LogP contribution in [0.15, 0.2) is 0 Å². The van der Waals surface area contributed by atoms with Crippen LogP contribution in [0, 0.1) is 5.41 Å². The largest absolute Gasteiger partial charge is 0.467 e. The van der Waals surface area contributed by atoms with E-state index in [9.17, 15) is 9.59 Å². The number of nitrogens with zero attached hydrogens (tertiary/aromatic N) is 1. The molecule has 170 valence electrons. The summed E-state index contributed by atoms with van der Waals surface area (Å²) in [6, 6.07) is -0.609. The molecule has 1 amide bonds. The first-order chi connectivity index (χ1) is 13.7. The monoisotopic (exact) mass is 441 g/mol. The maximum Gasteiger partial charge on any atom is 0.457 e. The van der Waals surface area contributed by atoms with Gasteiger partial charge < -0.3 is 18.8 Å². The van der Waals surface area contributed by atoms with Gasteiger partial charge in [-0.3, -0.25) is 4.90 Å². The zero-order chi connectivity index (χ0) is 22.5. The molecule has 0 aromatic rings. The van der Waals surface area contributed by atoms with Gasteiger partial charge >= 0.3 is 19.2 Å². The van der Waals surface area contributed by atoms with E-state index in [-0.39, 0.29) is 35.0 Å². The number of likely N-dealkylation sites (tertiary alicyclic amines) is 1. The Bertz CT molecular complexity index is 677. The number of carbonyl (C=O) groups is 2. The van der Waals surface area contributed by atoms with Gasteiger partial charge in [-0.15, -0.1) is 0 Å². The number of thioether (sulfide) groups is 1. The second kappa shape index (κ2) is 7.89. The van der Waals surface area contributed by atoms with Gasteiger partial charge in [0.25, 0.3) is 0 Å². The molecule has 3 rings (SSSR count). The van der Waals surface area contributed by atoms with Crippen molar-refractivity contribution in [3.05, 3.63) is 0 Å². The standard InChI is InChI=1S/C21H36BNO6S/c1-18(2,3)27-17(25)23-12-14-21(13-30-14,15(23)16(24)26-8)10-9-11-22-28-19(4,5)20(6,7)29-22/h14-15H,9-13H2,1-8H3. The number of esters is 1. The van der Waals surface area contributed by atoms with E-state index in [1.807, 2.05) is 60.2 Å². The third-order valence-corrected chi connectivity index (χ3v) is 8.57. The lowest BCUT2D eigenvalue weighted by atomic mass is 9.72. The zero-order valence-electron chi connectivity index (χ0n) is 19.6. The average Bonchev–Trinajstić information content (AvgIpc) is 2.92. The number of carbonyl (C=O) groups excluding carboxylic acids is 2. The van der Waals surface area contributed by atoms with Crippen molar-refractivity contribution in [3.8, 4) is 0 Å². The van der Waals surface area contributed by atoms with E-state index >= 15 is 0 Å². The van der Waals surface area contributed by atoms with E-state index < -0.39 is 17.7 Å². The molecule has 0 radical (unpaired) electrons. The van der Waals surface area contributed by atoms with Crippen LogP contribution in [0.1, 0.15) is 61.3 Å². The van der Waals surface area contributed by atoms with E-state index in [0.29, 0.717) is 6.54 Å². The molecule has 3 aliphatic heterocycles. The van der Waals surface area contributed by atoms with Gasteiger partial charge in [0.2, 0.25) is 0 Å². The third kappa shape index (κ3) is 4.22. The molecule has 3 aliphatic rings. The minimum absolute atomic E-state index is 0.215. The minimum atomic E-state index is -0.615. The third-order valence-electron chi connectivity index (χ3n) is 6.85. The Morgan fingerprint density at radius 2 is 1.77 bits per heavy atom. The quantitative estimate of drug-likeness (QED) is 0.475. The lowest BCUT2D eigenvalue weighted by Crippen LogP contribution is -2.55. The minimum Gasteiger partial charge on any atom is -0.467 e. The summed E-state index contributed by atoms with van der Waals surface area (Å²) >= 11 is 1.81. The molecule has 3 fully saturated rings. The zero-order valence-corrected chi connectivity index (χ0v) is 20.4. The van der Waals surface area contributed by atoms with Crippen LogP contribution in [0.4, 0.5) is 4.79 Å². The molecule has 0 aromatic heterocycles. The first-order valence-electron chi connectivity index (χ1n) is 10.8. The predicted molar refractivity (Wildman–Crippen MR) is 118 cm³/mol. The van der Waals surface area contributed by atoms with Crippen LogP contribution in [-0.4, -0.2) is 71.6 Å². The number of amides is 1. The van der Waals surface area contributed by atoms with E-state index in [0.717, 1.165) is 24.9 Å². The molecule has 3 unspecified atom stereocenters. The van der Waals surface area contributed by atoms with Crippen molar-refractivity contribution >= 4 is 30.9 Å². The molecule has 30 heavy (non-hydrogen) atoms. The smallest absolute Gasteiger partial charge is 0.457 e. The molecule has 0 bridgehead atoms. The summed E-state index contributed by atoms with van der Waals surface area (Å²) < 4.78 is 22.9. The lowest BCUT2D eigenvalue weighted by molar-refractivity contribution is -0.149. The highest BCUT2D eigenvalue weighted by molar-refractivity contribution is 8.01. The highest BCUT2D eigenvalue weighted by Gasteiger charge is 2.64. The fourth-order valence-corrected chi connectivity index (χ4v) is 6.17. The molecule has 0 N–H and O–H groups in total. The molecule has 7 nitrogen and oxygen atoms in total. The predicted octanol–water partition coefficient (Wildman–Crippen LogP) is 3.75. The maximum atomic E-state index is 12.8. The van der Waals surface area contributed by atoms with Crippen molar-refractivity contribution < 1.29 is 28.4 Å². The second-order valence-corrected chi connectivity index (χ2v) is 11.9. The van der Waals surface area contributed by atoms with Gasteiger partial charge in [0.15, 0.2) is 0 Å². The highest BCUT2D eigenvalue weighted by Crippen LogP contribution is 2.58.